The first-order valence-corrected chi connectivity index (χ1v) is 12.1. The van der Waals surface area contributed by atoms with Gasteiger partial charge in [0.25, 0.3) is 0 Å². The summed E-state index contributed by atoms with van der Waals surface area (Å²) in [6, 6.07) is 10.2. The van der Waals surface area contributed by atoms with Crippen molar-refractivity contribution >= 4 is 35.3 Å². The number of rotatable bonds is 4. The number of pyridine rings is 1. The normalized spacial score (nSPS) is 12.8. The van der Waals surface area contributed by atoms with Gasteiger partial charge in [0.05, 0.1) is 18.5 Å². The second-order valence-electron chi connectivity index (χ2n) is 7.71. The quantitative estimate of drug-likeness (QED) is 0.250. The van der Waals surface area contributed by atoms with E-state index in [4.69, 9.17) is 20.7 Å². The lowest BCUT2D eigenvalue weighted by Crippen LogP contribution is -2.17. The molecular formula is C27H33FN2O5S. The minimum Gasteiger partial charge on any atom is -0.508 e. The Labute approximate surface area is 216 Å². The molecule has 0 amide bonds. The molecule has 0 saturated carbocycles. The highest BCUT2D eigenvalue weighted by atomic mass is 32.1. The summed E-state index contributed by atoms with van der Waals surface area (Å²) >= 11 is 3.53. The summed E-state index contributed by atoms with van der Waals surface area (Å²) in [5, 5.41) is 26.4. The number of aliphatic hydroxyl groups is 1. The standard InChI is InChI=1S/C21H21FN2O2.C3H6O3.C2H2.CH4S/c1-12-10-14(2-5-17(12)22)19-16-4-3-15(25)11-18(16)24-21(23)20(19)13-6-8-26-9-7-13;4-2-1-3(5)6;2*1-2/h2-5,10-11,13,25H,6-9H2,1H3,(H2,23,24);4H,1-2H2,(H,5,6);1-2H;2H,1H3. The lowest BCUT2D eigenvalue weighted by molar-refractivity contribution is -0.137. The number of halogens is 1. The predicted molar refractivity (Wildman–Crippen MR) is 145 cm³/mol. The number of aliphatic hydroxyl groups excluding tert-OH is 1. The van der Waals surface area contributed by atoms with Crippen LogP contribution in [0.15, 0.2) is 36.4 Å². The second-order valence-corrected chi connectivity index (χ2v) is 7.71. The first kappa shape index (κ1) is 30.7. The third kappa shape index (κ3) is 8.12. The molecule has 0 unspecified atom stereocenters. The van der Waals surface area contributed by atoms with Crippen molar-refractivity contribution in [2.24, 2.45) is 0 Å². The molecule has 4 rings (SSSR count). The summed E-state index contributed by atoms with van der Waals surface area (Å²) in [5.74, 6) is -0.339. The van der Waals surface area contributed by atoms with Crippen LogP contribution in [-0.4, -0.2) is 52.3 Å². The average Bonchev–Trinajstić information content (AvgIpc) is 2.88. The Bertz CT molecular complexity index is 1160. The number of phenols is 1. The molecule has 1 aliphatic heterocycles. The number of benzene rings is 2. The Morgan fingerprint density at radius 1 is 1.19 bits per heavy atom. The fourth-order valence-corrected chi connectivity index (χ4v) is 3.89. The Hall–Kier alpha value is -3.32. The predicted octanol–water partition coefficient (Wildman–Crippen LogP) is 4.78. The van der Waals surface area contributed by atoms with Crippen LogP contribution in [0.5, 0.6) is 5.75 Å². The van der Waals surface area contributed by atoms with Crippen LogP contribution in [0.1, 0.15) is 36.3 Å². The van der Waals surface area contributed by atoms with Gasteiger partial charge in [0.1, 0.15) is 17.4 Å². The van der Waals surface area contributed by atoms with E-state index in [0.29, 0.717) is 30.1 Å². The summed E-state index contributed by atoms with van der Waals surface area (Å²) < 4.78 is 19.3. The van der Waals surface area contributed by atoms with E-state index in [2.05, 4.69) is 30.5 Å². The molecule has 0 aliphatic carbocycles. The molecule has 2 heterocycles. The largest absolute Gasteiger partial charge is 0.508 e. The number of hydrogen-bond donors (Lipinski definition) is 5. The number of aromatic nitrogens is 1. The van der Waals surface area contributed by atoms with Gasteiger partial charge in [0, 0.05) is 30.2 Å². The minimum absolute atomic E-state index is 0.143. The van der Waals surface area contributed by atoms with Gasteiger partial charge in [0.2, 0.25) is 0 Å². The van der Waals surface area contributed by atoms with Crippen LogP contribution in [0, 0.1) is 25.6 Å². The minimum atomic E-state index is -0.961. The molecule has 0 atom stereocenters. The molecule has 1 aromatic heterocycles. The van der Waals surface area contributed by atoms with Gasteiger partial charge in [0.15, 0.2) is 0 Å². The maximum atomic E-state index is 13.8. The van der Waals surface area contributed by atoms with Crippen molar-refractivity contribution < 1.29 is 29.2 Å². The van der Waals surface area contributed by atoms with Gasteiger partial charge in [-0.2, -0.15) is 12.6 Å². The molecule has 0 bridgehead atoms. The van der Waals surface area contributed by atoms with E-state index in [0.717, 1.165) is 34.9 Å². The molecule has 1 saturated heterocycles. The maximum absolute atomic E-state index is 13.8. The van der Waals surface area contributed by atoms with Crippen LogP contribution >= 0.6 is 12.6 Å². The third-order valence-electron chi connectivity index (χ3n) is 5.44. The number of terminal acetylenes is 1. The maximum Gasteiger partial charge on any atom is 0.305 e. The Balaban J connectivity index is 0.000000563. The van der Waals surface area contributed by atoms with Gasteiger partial charge in [-0.1, -0.05) is 6.07 Å². The van der Waals surface area contributed by atoms with E-state index >= 15 is 0 Å². The van der Waals surface area contributed by atoms with Gasteiger partial charge in [-0.05, 0) is 72.9 Å². The lowest BCUT2D eigenvalue weighted by atomic mass is 9.84. The zero-order valence-electron chi connectivity index (χ0n) is 20.4. The highest BCUT2D eigenvalue weighted by molar-refractivity contribution is 7.79. The molecule has 0 spiro atoms. The monoisotopic (exact) mass is 516 g/mol. The first-order valence-electron chi connectivity index (χ1n) is 11.2. The fourth-order valence-electron chi connectivity index (χ4n) is 3.89. The van der Waals surface area contributed by atoms with E-state index in [1.54, 1.807) is 31.4 Å². The van der Waals surface area contributed by atoms with Crippen molar-refractivity contribution in [2.45, 2.75) is 32.1 Å². The molecule has 3 aromatic rings. The van der Waals surface area contributed by atoms with Crippen LogP contribution in [0.3, 0.4) is 0 Å². The number of carbonyl (C=O) groups is 1. The zero-order valence-corrected chi connectivity index (χ0v) is 21.3. The van der Waals surface area contributed by atoms with Crippen molar-refractivity contribution in [1.29, 1.82) is 0 Å². The smallest absolute Gasteiger partial charge is 0.305 e. The number of ether oxygens (including phenoxy) is 1. The molecule has 5 N–H and O–H groups in total. The summed E-state index contributed by atoms with van der Waals surface area (Å²) in [6.45, 7) is 2.88. The van der Waals surface area contributed by atoms with E-state index in [-0.39, 0.29) is 30.5 Å². The number of nitrogens with two attached hydrogens (primary N) is 1. The van der Waals surface area contributed by atoms with Crippen molar-refractivity contribution in [3.63, 3.8) is 0 Å². The number of aryl methyl sites for hydroxylation is 1. The Kier molecular flexibility index (Phi) is 13.3. The average molecular weight is 517 g/mol. The van der Waals surface area contributed by atoms with E-state index in [9.17, 15) is 14.3 Å². The Morgan fingerprint density at radius 3 is 2.36 bits per heavy atom. The van der Waals surface area contributed by atoms with Gasteiger partial charge in [-0.3, -0.25) is 4.79 Å². The van der Waals surface area contributed by atoms with Crippen LogP contribution in [-0.2, 0) is 9.53 Å². The number of fused-ring (bicyclic) bond motifs is 1. The number of carboxylic acids is 1. The lowest BCUT2D eigenvalue weighted by Gasteiger charge is -2.26. The highest BCUT2D eigenvalue weighted by Crippen LogP contribution is 2.42. The topological polar surface area (TPSA) is 126 Å². The number of nitrogens with zero attached hydrogens (tertiary/aromatic N) is 1. The van der Waals surface area contributed by atoms with Crippen LogP contribution in [0.2, 0.25) is 0 Å². The van der Waals surface area contributed by atoms with Crippen molar-refractivity contribution in [2.75, 3.05) is 31.8 Å². The van der Waals surface area contributed by atoms with Crippen molar-refractivity contribution in [3.05, 3.63) is 53.3 Å². The van der Waals surface area contributed by atoms with Crippen molar-refractivity contribution in [1.82, 2.24) is 4.98 Å². The summed E-state index contributed by atoms with van der Waals surface area (Å²) in [4.78, 5) is 14.0. The fraction of sp³-hybridized carbons (Fsp3) is 0.333. The highest BCUT2D eigenvalue weighted by Gasteiger charge is 2.25. The number of hydrogen-bond acceptors (Lipinski definition) is 7. The van der Waals surface area contributed by atoms with Crippen molar-refractivity contribution in [3.8, 4) is 29.7 Å². The molecule has 2 aromatic carbocycles. The molecule has 194 valence electrons. The van der Waals surface area contributed by atoms with Crippen LogP contribution < -0.4 is 5.73 Å². The molecule has 9 heteroatoms. The number of nitrogen functional groups attached to an aromatic ring is 1. The van der Waals surface area contributed by atoms with E-state index < -0.39 is 5.97 Å². The van der Waals surface area contributed by atoms with E-state index in [1.165, 1.54) is 6.07 Å². The zero-order chi connectivity index (χ0) is 27.3. The number of aliphatic carboxylic acids is 1. The molecule has 1 fully saturated rings. The van der Waals surface area contributed by atoms with E-state index in [1.807, 2.05) is 12.1 Å². The number of aromatic hydroxyl groups is 1. The first-order chi connectivity index (χ1) is 17.3. The van der Waals surface area contributed by atoms with Gasteiger partial charge < -0.3 is 25.8 Å². The number of phenolic OH excluding ortho intramolecular Hbond substituents is 1. The summed E-state index contributed by atoms with van der Waals surface area (Å²) in [7, 11) is 0. The SMILES string of the molecule is C#C.CS.Cc1cc(-c2c(C3CCOCC3)c(N)nc3cc(O)ccc23)ccc1F.O=C(O)CCO. The summed E-state index contributed by atoms with van der Waals surface area (Å²) in [5.41, 5.74) is 10.5. The van der Waals surface area contributed by atoms with Crippen LogP contribution in [0.4, 0.5) is 10.2 Å². The van der Waals surface area contributed by atoms with Gasteiger partial charge >= 0.3 is 5.97 Å². The third-order valence-corrected chi connectivity index (χ3v) is 5.44. The second kappa shape index (κ2) is 15.6. The summed E-state index contributed by atoms with van der Waals surface area (Å²) in [6.07, 6.45) is 11.3. The van der Waals surface area contributed by atoms with Crippen LogP contribution in [0.25, 0.3) is 22.0 Å². The van der Waals surface area contributed by atoms with Gasteiger partial charge in [-0.15, -0.1) is 12.8 Å². The molecule has 1 aliphatic rings. The Morgan fingerprint density at radius 2 is 1.83 bits per heavy atom. The molecule has 0 radical (unpaired) electrons. The number of carboxylic acid groups (broad SMARTS) is 1. The molecular weight excluding hydrogens is 483 g/mol. The number of thiol groups is 1. The molecule has 7 nitrogen and oxygen atoms in total. The number of anilines is 1. The van der Waals surface area contributed by atoms with Gasteiger partial charge in [-0.25, -0.2) is 9.37 Å². The molecule has 36 heavy (non-hydrogen) atoms.